The van der Waals surface area contributed by atoms with Gasteiger partial charge in [-0.15, -0.1) is 22.0 Å². The largest absolute Gasteiger partial charge is 0.508 e. The molecule has 2 aromatic rings. The van der Waals surface area contributed by atoms with Gasteiger partial charge in [0.05, 0.1) is 6.42 Å². The number of aliphatic carboxylic acids is 1. The summed E-state index contributed by atoms with van der Waals surface area (Å²) in [5.74, 6) is -3.09. The van der Waals surface area contributed by atoms with Gasteiger partial charge in [-0.25, -0.2) is 4.79 Å². The van der Waals surface area contributed by atoms with Gasteiger partial charge in [0.2, 0.25) is 5.91 Å². The van der Waals surface area contributed by atoms with Crippen LogP contribution < -0.4 is 11.1 Å². The van der Waals surface area contributed by atoms with Gasteiger partial charge in [0, 0.05) is 17.1 Å². The number of para-hydroxylation sites is 1. The molecule has 12 nitrogen and oxygen atoms in total. The zero-order valence-electron chi connectivity index (χ0n) is 16.8. The Labute approximate surface area is 194 Å². The molecule has 1 aromatic carbocycles. The molecular formula is C19H17N5O7S2. The molecule has 0 radical (unpaired) electrons. The Hall–Kier alpha value is -3.52. The van der Waals surface area contributed by atoms with Crippen molar-refractivity contribution in [2.75, 3.05) is 11.5 Å². The summed E-state index contributed by atoms with van der Waals surface area (Å²) in [4.78, 5) is 49.2. The second-order valence-electron chi connectivity index (χ2n) is 7.04. The number of fused-ring (bicyclic) bond motifs is 1. The van der Waals surface area contributed by atoms with Crippen molar-refractivity contribution in [3.05, 3.63) is 47.0 Å². The average molecular weight is 492 g/mol. The molecule has 0 spiro atoms. The number of carboxylic acids is 1. The highest BCUT2D eigenvalue weighted by atomic mass is 32.2. The molecule has 1 saturated heterocycles. The Bertz CT molecular complexity index is 1180. The predicted octanol–water partition coefficient (Wildman–Crippen LogP) is -0.0525. The number of rotatable bonds is 8. The molecule has 0 bridgehead atoms. The number of primary amides is 1. The minimum Gasteiger partial charge on any atom is -0.508 e. The maximum atomic E-state index is 12.7. The molecule has 1 fully saturated rings. The van der Waals surface area contributed by atoms with Gasteiger partial charge >= 0.3 is 17.8 Å². The molecule has 0 aliphatic carbocycles. The van der Waals surface area contributed by atoms with E-state index in [4.69, 9.17) is 10.2 Å². The van der Waals surface area contributed by atoms with Crippen LogP contribution in [0.1, 0.15) is 16.2 Å². The number of β-lactam (4-membered cyclic amide) rings is 1. The molecular weight excluding hydrogens is 474 g/mol. The Balaban J connectivity index is 1.43. The van der Waals surface area contributed by atoms with E-state index in [1.165, 1.54) is 17.8 Å². The monoisotopic (exact) mass is 491 g/mol. The van der Waals surface area contributed by atoms with Gasteiger partial charge in [0.1, 0.15) is 22.9 Å². The third-order valence-electron chi connectivity index (χ3n) is 4.90. The first-order chi connectivity index (χ1) is 15.8. The fourth-order valence-electron chi connectivity index (χ4n) is 3.37. The summed E-state index contributed by atoms with van der Waals surface area (Å²) in [7, 11) is 0. The lowest BCUT2D eigenvalue weighted by atomic mass is 10.0. The number of aromatic hydroxyl groups is 1. The van der Waals surface area contributed by atoms with Crippen LogP contribution in [0.3, 0.4) is 0 Å². The van der Waals surface area contributed by atoms with Crippen molar-refractivity contribution < 1.29 is 33.8 Å². The SMILES string of the molecule is NC(=O)c1nnc(SCC2=C(C(=O)O)N3C(=O)C(NC(=O)Cc4ccccc4O)[C@H]3SC2)o1. The lowest BCUT2D eigenvalue weighted by Gasteiger charge is -2.49. The van der Waals surface area contributed by atoms with E-state index in [0.29, 0.717) is 16.9 Å². The maximum absolute atomic E-state index is 12.7. The van der Waals surface area contributed by atoms with Crippen LogP contribution >= 0.6 is 23.5 Å². The molecule has 2 atom stereocenters. The first-order valence-corrected chi connectivity index (χ1v) is 11.5. The number of amides is 3. The van der Waals surface area contributed by atoms with E-state index in [0.717, 1.165) is 16.7 Å². The molecule has 2 aliphatic heterocycles. The Kier molecular flexibility index (Phi) is 6.29. The van der Waals surface area contributed by atoms with Gasteiger partial charge in [-0.3, -0.25) is 19.3 Å². The Morgan fingerprint density at radius 2 is 2.06 bits per heavy atom. The van der Waals surface area contributed by atoms with Crippen LogP contribution in [0, 0.1) is 0 Å². The van der Waals surface area contributed by atoms with Crippen molar-refractivity contribution in [2.24, 2.45) is 5.73 Å². The number of carbonyl (C=O) groups excluding carboxylic acids is 3. The zero-order chi connectivity index (χ0) is 23.7. The number of nitrogens with two attached hydrogens (primary N) is 1. The van der Waals surface area contributed by atoms with Crippen molar-refractivity contribution in [3.63, 3.8) is 0 Å². The van der Waals surface area contributed by atoms with Crippen molar-refractivity contribution in [2.45, 2.75) is 23.1 Å². The lowest BCUT2D eigenvalue weighted by Crippen LogP contribution is -2.70. The average Bonchev–Trinajstić information content (AvgIpc) is 3.26. The summed E-state index contributed by atoms with van der Waals surface area (Å²) in [5.41, 5.74) is 5.78. The summed E-state index contributed by atoms with van der Waals surface area (Å²) in [6, 6.07) is 5.51. The molecule has 3 amide bonds. The number of thioether (sulfide) groups is 2. The van der Waals surface area contributed by atoms with Crippen molar-refractivity contribution in [3.8, 4) is 5.75 Å². The second kappa shape index (κ2) is 9.15. The molecule has 1 unspecified atom stereocenters. The predicted molar refractivity (Wildman–Crippen MR) is 115 cm³/mol. The van der Waals surface area contributed by atoms with E-state index in [2.05, 4.69) is 15.5 Å². The number of hydrogen-bond donors (Lipinski definition) is 4. The fourth-order valence-corrected chi connectivity index (χ4v) is 5.62. The van der Waals surface area contributed by atoms with Crippen molar-refractivity contribution in [1.82, 2.24) is 20.4 Å². The highest BCUT2D eigenvalue weighted by molar-refractivity contribution is 8.01. The Morgan fingerprint density at radius 3 is 2.73 bits per heavy atom. The molecule has 14 heteroatoms. The first kappa shape index (κ1) is 22.7. The highest BCUT2D eigenvalue weighted by Crippen LogP contribution is 2.41. The van der Waals surface area contributed by atoms with Gasteiger partial charge in [-0.05, 0) is 11.6 Å². The molecule has 33 heavy (non-hydrogen) atoms. The van der Waals surface area contributed by atoms with Crippen molar-refractivity contribution >= 4 is 47.2 Å². The summed E-state index contributed by atoms with van der Waals surface area (Å²) in [6.45, 7) is 0. The van der Waals surface area contributed by atoms with Gasteiger partial charge in [-0.2, -0.15) is 0 Å². The first-order valence-electron chi connectivity index (χ1n) is 9.48. The van der Waals surface area contributed by atoms with E-state index < -0.39 is 35.1 Å². The molecule has 172 valence electrons. The number of phenols is 1. The number of carboxylic acid groups (broad SMARTS) is 1. The number of aromatic nitrogens is 2. The number of phenolic OH excluding ortho intramolecular Hbond substituents is 1. The summed E-state index contributed by atoms with van der Waals surface area (Å²) in [6.07, 6.45) is -0.116. The van der Waals surface area contributed by atoms with Gasteiger partial charge in [0.15, 0.2) is 0 Å². The highest BCUT2D eigenvalue weighted by Gasteiger charge is 2.54. The minimum atomic E-state index is -1.27. The van der Waals surface area contributed by atoms with Crippen LogP contribution in [-0.2, 0) is 20.8 Å². The third-order valence-corrected chi connectivity index (χ3v) is 7.14. The van der Waals surface area contributed by atoms with Crippen LogP contribution in [0.15, 0.2) is 45.2 Å². The second-order valence-corrected chi connectivity index (χ2v) is 9.08. The quantitative estimate of drug-likeness (QED) is 0.286. The van der Waals surface area contributed by atoms with Crippen LogP contribution in [0.4, 0.5) is 0 Å². The zero-order valence-corrected chi connectivity index (χ0v) is 18.4. The fraction of sp³-hybridized carbons (Fsp3) is 0.263. The number of benzene rings is 1. The van der Waals surface area contributed by atoms with Gasteiger partial charge in [-0.1, -0.05) is 30.0 Å². The number of nitrogens with one attached hydrogen (secondary N) is 1. The summed E-state index contributed by atoms with van der Waals surface area (Å²) in [5, 5.41) is 28.8. The smallest absolute Gasteiger partial charge is 0.352 e. The van der Waals surface area contributed by atoms with E-state index >= 15 is 0 Å². The lowest BCUT2D eigenvalue weighted by molar-refractivity contribution is -0.150. The van der Waals surface area contributed by atoms with E-state index in [-0.39, 0.29) is 34.7 Å². The van der Waals surface area contributed by atoms with Crippen LogP contribution in [0.25, 0.3) is 0 Å². The van der Waals surface area contributed by atoms with Gasteiger partial charge < -0.3 is 25.7 Å². The third kappa shape index (κ3) is 4.52. The summed E-state index contributed by atoms with van der Waals surface area (Å²) < 4.78 is 5.08. The van der Waals surface area contributed by atoms with E-state index in [1.54, 1.807) is 18.2 Å². The van der Waals surface area contributed by atoms with E-state index in [1.807, 2.05) is 0 Å². The number of carbonyl (C=O) groups is 4. The molecule has 0 saturated carbocycles. The normalized spacial score (nSPS) is 19.6. The van der Waals surface area contributed by atoms with Gasteiger partial charge in [0.25, 0.3) is 11.1 Å². The van der Waals surface area contributed by atoms with Crippen LogP contribution in [0.2, 0.25) is 0 Å². The van der Waals surface area contributed by atoms with E-state index in [9.17, 15) is 29.4 Å². The molecule has 5 N–H and O–H groups in total. The molecule has 1 aromatic heterocycles. The minimum absolute atomic E-state index is 0.0244. The van der Waals surface area contributed by atoms with Crippen LogP contribution in [-0.4, -0.2) is 71.9 Å². The molecule has 3 heterocycles. The maximum Gasteiger partial charge on any atom is 0.352 e. The van der Waals surface area contributed by atoms with Crippen LogP contribution in [0.5, 0.6) is 5.75 Å². The summed E-state index contributed by atoms with van der Waals surface area (Å²) >= 11 is 2.33. The van der Waals surface area contributed by atoms with Crippen molar-refractivity contribution in [1.29, 1.82) is 0 Å². The number of hydrogen-bond acceptors (Lipinski definition) is 10. The molecule has 4 rings (SSSR count). The standard InChI is InChI=1S/C19H17N5O7S2/c20-14(27)15-22-23-19(31-15)33-7-9-6-32-17-12(16(28)24(17)13(9)18(29)30)21-11(26)5-8-3-1-2-4-10(8)25/h1-4,12,17,25H,5-7H2,(H2,20,27)(H,21,26)(H,29,30)/t12?,17-/m1/s1. The molecule has 2 aliphatic rings. The topological polar surface area (TPSA) is 189 Å². The number of nitrogens with zero attached hydrogens (tertiary/aromatic N) is 3. The Morgan fingerprint density at radius 1 is 1.30 bits per heavy atom.